The second kappa shape index (κ2) is 7.22. The lowest BCUT2D eigenvalue weighted by Gasteiger charge is -2.18. The number of pyridine rings is 2. The van der Waals surface area contributed by atoms with E-state index in [2.05, 4.69) is 0 Å². The molecule has 5 aromatic heterocycles. The van der Waals surface area contributed by atoms with Crippen molar-refractivity contribution >= 4 is 98.3 Å². The molecular formula is C37H16N2O5. The lowest BCUT2D eigenvalue weighted by atomic mass is 9.98. The monoisotopic (exact) mass is 568 g/mol. The fourth-order valence-electron chi connectivity index (χ4n) is 7.49. The highest BCUT2D eigenvalue weighted by Gasteiger charge is 2.24. The Hall–Kier alpha value is -6.21. The van der Waals surface area contributed by atoms with E-state index in [9.17, 15) is 14.4 Å². The third-order valence-corrected chi connectivity index (χ3v) is 9.41. The zero-order valence-electron chi connectivity index (χ0n) is 22.7. The van der Waals surface area contributed by atoms with Gasteiger partial charge in [-0.2, -0.15) is 0 Å². The minimum absolute atomic E-state index is 0.191. The second-order valence-electron chi connectivity index (χ2n) is 11.6. The highest BCUT2D eigenvalue weighted by Crippen LogP contribution is 2.37. The average molecular weight is 569 g/mol. The Bertz CT molecular complexity index is 3070. The van der Waals surface area contributed by atoms with Gasteiger partial charge in [-0.1, -0.05) is 48.5 Å². The molecule has 0 bridgehead atoms. The largest absolute Gasteiger partial charge is 0.456 e. The van der Waals surface area contributed by atoms with Crippen molar-refractivity contribution < 1.29 is 8.83 Å². The summed E-state index contributed by atoms with van der Waals surface area (Å²) in [6, 6.07) is 30.0. The van der Waals surface area contributed by atoms with Crippen molar-refractivity contribution in [2.24, 2.45) is 0 Å². The summed E-state index contributed by atoms with van der Waals surface area (Å²) in [5, 5.41) is 6.57. The van der Waals surface area contributed by atoms with E-state index in [0.29, 0.717) is 71.3 Å². The Morgan fingerprint density at radius 3 is 1.41 bits per heavy atom. The SMILES string of the molecule is O=c1c2cc3oc4ccccc4c3cc2n2c(=O)n3c4cc5c(cc4c(=O)c4ccc6ccc1c2c6c43)oc1ccccc15. The maximum Gasteiger partial charge on any atom is 0.338 e. The number of furan rings is 2. The molecule has 7 nitrogen and oxygen atoms in total. The molecule has 0 aliphatic carbocycles. The van der Waals surface area contributed by atoms with Gasteiger partial charge in [0.05, 0.1) is 32.8 Å². The summed E-state index contributed by atoms with van der Waals surface area (Å²) >= 11 is 0. The second-order valence-corrected chi connectivity index (χ2v) is 11.6. The molecule has 0 unspecified atom stereocenters. The van der Waals surface area contributed by atoms with E-state index in [1.54, 1.807) is 33.1 Å². The van der Waals surface area contributed by atoms with Crippen LogP contribution in [0.25, 0.3) is 98.3 Å². The van der Waals surface area contributed by atoms with Crippen LogP contribution in [0.5, 0.6) is 0 Å². The van der Waals surface area contributed by atoms with Crippen LogP contribution in [0.15, 0.2) is 120 Å². The van der Waals surface area contributed by atoms with Crippen LogP contribution >= 0.6 is 0 Å². The Balaban J connectivity index is 1.48. The third-order valence-electron chi connectivity index (χ3n) is 9.41. The molecule has 204 valence electrons. The van der Waals surface area contributed by atoms with Crippen LogP contribution in [-0.4, -0.2) is 8.80 Å². The lowest BCUT2D eigenvalue weighted by Crippen LogP contribution is -2.27. The van der Waals surface area contributed by atoms with E-state index in [1.165, 1.54) is 0 Å². The molecule has 11 rings (SSSR count). The predicted molar refractivity (Wildman–Crippen MR) is 174 cm³/mol. The van der Waals surface area contributed by atoms with E-state index in [-0.39, 0.29) is 16.5 Å². The molecule has 0 saturated heterocycles. The predicted octanol–water partition coefficient (Wildman–Crippen LogP) is 7.56. The zero-order chi connectivity index (χ0) is 29.0. The molecule has 0 saturated carbocycles. The van der Waals surface area contributed by atoms with Crippen LogP contribution in [0.2, 0.25) is 0 Å². The summed E-state index contributed by atoms with van der Waals surface area (Å²) < 4.78 is 15.5. The first-order valence-electron chi connectivity index (χ1n) is 14.3. The zero-order valence-corrected chi connectivity index (χ0v) is 22.7. The Morgan fingerprint density at radius 2 is 0.909 bits per heavy atom. The standard InChI is InChI=1S/C37H16N2O5/c40-35-20-11-9-17-10-12-21-34-32(17)33(20)38(26-13-22-18-5-1-3-7-28(18)43-30(22)15-24(26)35)37(42)39(34)27-14-23-19-6-2-4-8-29(19)44-31(23)16-25(27)36(21)41/h1-16H. The number of aromatic nitrogens is 2. The van der Waals surface area contributed by atoms with E-state index in [0.717, 1.165) is 26.9 Å². The molecule has 6 aromatic carbocycles. The fraction of sp³-hybridized carbons (Fsp3) is 0. The summed E-state index contributed by atoms with van der Waals surface area (Å²) in [6.45, 7) is 0. The normalized spacial score (nSPS) is 12.8. The number of para-hydroxylation sites is 2. The number of hydrogen-bond donors (Lipinski definition) is 0. The van der Waals surface area contributed by atoms with Gasteiger partial charge >= 0.3 is 5.69 Å². The van der Waals surface area contributed by atoms with Crippen molar-refractivity contribution in [1.82, 2.24) is 8.80 Å². The van der Waals surface area contributed by atoms with Crippen molar-refractivity contribution in [3.05, 3.63) is 128 Å². The van der Waals surface area contributed by atoms with Crippen molar-refractivity contribution in [3.8, 4) is 0 Å². The highest BCUT2D eigenvalue weighted by atomic mass is 16.3. The van der Waals surface area contributed by atoms with Gasteiger partial charge in [-0.15, -0.1) is 0 Å². The van der Waals surface area contributed by atoms with Gasteiger partial charge in [-0.05, 0) is 53.9 Å². The lowest BCUT2D eigenvalue weighted by molar-refractivity contribution is 0.669. The number of fused-ring (bicyclic) bond motifs is 10. The summed E-state index contributed by atoms with van der Waals surface area (Å²) in [4.78, 5) is 43.1. The summed E-state index contributed by atoms with van der Waals surface area (Å²) in [7, 11) is 0. The van der Waals surface area contributed by atoms with Crippen LogP contribution in [0, 0.1) is 0 Å². The van der Waals surface area contributed by atoms with E-state index >= 15 is 0 Å². The Kier molecular flexibility index (Phi) is 3.67. The molecule has 0 radical (unpaired) electrons. The van der Waals surface area contributed by atoms with Crippen LogP contribution in [0.3, 0.4) is 0 Å². The number of rotatable bonds is 0. The van der Waals surface area contributed by atoms with Gasteiger partial charge in [0.2, 0.25) is 0 Å². The number of benzene rings is 6. The van der Waals surface area contributed by atoms with Gasteiger partial charge in [0.1, 0.15) is 22.3 Å². The Morgan fingerprint density at radius 1 is 0.432 bits per heavy atom. The third kappa shape index (κ3) is 2.42. The van der Waals surface area contributed by atoms with Crippen molar-refractivity contribution in [2.75, 3.05) is 0 Å². The van der Waals surface area contributed by atoms with Gasteiger partial charge in [0, 0.05) is 37.7 Å². The highest BCUT2D eigenvalue weighted by molar-refractivity contribution is 6.22. The van der Waals surface area contributed by atoms with Gasteiger partial charge in [0.15, 0.2) is 10.9 Å². The maximum atomic E-state index is 15.0. The first kappa shape index (κ1) is 22.4. The molecule has 0 amide bonds. The fourth-order valence-corrected chi connectivity index (χ4v) is 7.49. The van der Waals surface area contributed by atoms with Gasteiger partial charge < -0.3 is 8.83 Å². The average Bonchev–Trinajstić information content (AvgIpc) is 3.60. The molecule has 0 aliphatic rings. The molecule has 0 fully saturated rings. The first-order valence-corrected chi connectivity index (χ1v) is 14.3. The molecule has 0 aliphatic heterocycles. The molecule has 0 N–H and O–H groups in total. The van der Waals surface area contributed by atoms with Crippen LogP contribution < -0.4 is 16.5 Å². The number of nitrogens with zero attached hydrogens (tertiary/aromatic N) is 2. The summed E-state index contributed by atoms with van der Waals surface area (Å²) in [5.41, 5.74) is 3.83. The van der Waals surface area contributed by atoms with Crippen LogP contribution in [0.1, 0.15) is 0 Å². The molecule has 5 heterocycles. The van der Waals surface area contributed by atoms with E-state index < -0.39 is 0 Å². The smallest absolute Gasteiger partial charge is 0.338 e. The van der Waals surface area contributed by atoms with Crippen molar-refractivity contribution in [2.45, 2.75) is 0 Å². The quantitative estimate of drug-likeness (QED) is 0.139. The molecule has 44 heavy (non-hydrogen) atoms. The maximum absolute atomic E-state index is 15.0. The topological polar surface area (TPSA) is 86.3 Å². The molecular weight excluding hydrogens is 552 g/mol. The molecule has 0 spiro atoms. The van der Waals surface area contributed by atoms with Crippen molar-refractivity contribution in [1.29, 1.82) is 0 Å². The molecule has 11 aromatic rings. The summed E-state index contributed by atoms with van der Waals surface area (Å²) in [6.07, 6.45) is 0. The van der Waals surface area contributed by atoms with Gasteiger partial charge in [-0.3, -0.25) is 18.4 Å². The molecule has 0 atom stereocenters. The summed E-state index contributed by atoms with van der Waals surface area (Å²) in [5.74, 6) is 0. The Labute approximate surface area is 243 Å². The van der Waals surface area contributed by atoms with Gasteiger partial charge in [0.25, 0.3) is 0 Å². The number of hydrogen-bond acceptors (Lipinski definition) is 5. The van der Waals surface area contributed by atoms with Crippen molar-refractivity contribution in [3.63, 3.8) is 0 Å². The van der Waals surface area contributed by atoms with E-state index in [1.807, 2.05) is 72.8 Å². The minimum atomic E-state index is -0.361. The van der Waals surface area contributed by atoms with Gasteiger partial charge in [-0.25, -0.2) is 4.79 Å². The van der Waals surface area contributed by atoms with Crippen LogP contribution in [-0.2, 0) is 0 Å². The first-order chi connectivity index (χ1) is 21.6. The minimum Gasteiger partial charge on any atom is -0.456 e. The van der Waals surface area contributed by atoms with E-state index in [4.69, 9.17) is 8.83 Å². The molecule has 7 heteroatoms. The van der Waals surface area contributed by atoms with Crippen LogP contribution in [0.4, 0.5) is 0 Å².